The molecule has 0 fully saturated rings. The van der Waals surface area contributed by atoms with Gasteiger partial charge >= 0.3 is 69.4 Å². The Hall–Kier alpha value is 0.444. The molecule has 0 unspecified atom stereocenters. The normalized spacial score (nSPS) is 17.6. The topological polar surface area (TPSA) is 17.1 Å². The summed E-state index contributed by atoms with van der Waals surface area (Å²) in [6, 6.07) is 0. The molecule has 0 aromatic heterocycles. The van der Waals surface area contributed by atoms with Crippen LogP contribution in [0.25, 0.3) is 0 Å². The van der Waals surface area contributed by atoms with Gasteiger partial charge in [0.15, 0.2) is 0 Å². The van der Waals surface area contributed by atoms with Crippen molar-refractivity contribution < 1.29 is 20.1 Å². The number of halogens is 2. The Morgan fingerprint density at radius 3 is 1.86 bits per heavy atom. The first kappa shape index (κ1) is 14.4. The van der Waals surface area contributed by atoms with Crippen molar-refractivity contribution in [3.05, 3.63) is 22.1 Å². The maximum atomic E-state index is 8.98. The van der Waals surface area contributed by atoms with E-state index in [4.69, 9.17) is 4.79 Å². The van der Waals surface area contributed by atoms with Crippen molar-refractivity contribution >= 4 is 27.9 Å². The summed E-state index contributed by atoms with van der Waals surface area (Å²) in [6.45, 7) is 0. The second-order valence-electron chi connectivity index (χ2n) is 5.55. The molecular formula is C10H17Cl2OTi. The number of rotatable bonds is 1. The summed E-state index contributed by atoms with van der Waals surface area (Å²) in [5.74, 6) is 0. The summed E-state index contributed by atoms with van der Waals surface area (Å²) < 4.78 is 0.831. The fraction of sp³-hybridized carbons (Fsp3) is 0.500. The van der Waals surface area contributed by atoms with Gasteiger partial charge in [0.1, 0.15) is 0 Å². The van der Waals surface area contributed by atoms with E-state index in [1.165, 1.54) is 6.42 Å². The molecular weight excluding hydrogens is 255 g/mol. The molecule has 81 valence electrons. The quantitative estimate of drug-likeness (QED) is 0.467. The predicted molar refractivity (Wildman–Crippen MR) is 62.4 cm³/mol. The number of allylic oxidation sites excluding steroid dienone is 4. The molecule has 0 atom stereocenters. The summed E-state index contributed by atoms with van der Waals surface area (Å²) in [5, 5.41) is 9.87. The minimum atomic E-state index is -2.02. The Kier molecular flexibility index (Phi) is 5.14. The average Bonchev–Trinajstić information content (AvgIpc) is 2.29. The minimum absolute atomic E-state index is 0.889. The molecule has 1 aliphatic rings. The molecule has 0 saturated heterocycles. The van der Waals surface area contributed by atoms with Gasteiger partial charge in [-0.3, -0.25) is 4.79 Å². The number of hydrogen-bond acceptors (Lipinski definition) is 1. The molecule has 0 bridgehead atoms. The second kappa shape index (κ2) is 4.98. The van der Waals surface area contributed by atoms with Gasteiger partial charge in [0.05, 0.1) is 0 Å². The van der Waals surface area contributed by atoms with Crippen LogP contribution in [0.4, 0.5) is 4.79 Å². The van der Waals surface area contributed by atoms with Crippen LogP contribution < -0.4 is 0 Å². The first-order chi connectivity index (χ1) is 6.10. The van der Waals surface area contributed by atoms with Gasteiger partial charge in [0.2, 0.25) is 0 Å². The third-order valence-corrected chi connectivity index (χ3v) is 6.65. The molecule has 0 aliphatic heterocycles. The Labute approximate surface area is 97.0 Å². The van der Waals surface area contributed by atoms with Gasteiger partial charge in [-0.2, -0.15) is 0 Å². The van der Waals surface area contributed by atoms with Gasteiger partial charge in [-0.15, -0.1) is 0 Å². The van der Waals surface area contributed by atoms with Crippen LogP contribution in [0.5, 0.6) is 0 Å². The van der Waals surface area contributed by atoms with E-state index in [2.05, 4.69) is 62.3 Å². The Bertz CT molecular complexity index is 271. The van der Waals surface area contributed by atoms with Crippen LogP contribution in [-0.2, 0) is 15.3 Å². The molecule has 0 saturated carbocycles. The van der Waals surface area contributed by atoms with Crippen molar-refractivity contribution in [3.8, 4) is 0 Å². The molecule has 4 heteroatoms. The summed E-state index contributed by atoms with van der Waals surface area (Å²) >= 11 is 6.79. The van der Waals surface area contributed by atoms with Crippen LogP contribution in [0.15, 0.2) is 22.1 Å². The first-order valence-electron chi connectivity index (χ1n) is 4.55. The molecule has 0 radical (unpaired) electrons. The third-order valence-electron chi connectivity index (χ3n) is 2.06. The van der Waals surface area contributed by atoms with E-state index >= 15 is 0 Å². The molecule has 0 N–H and O–H groups in total. The van der Waals surface area contributed by atoms with E-state index in [0.717, 1.165) is 0 Å². The molecule has 0 spiro atoms. The molecule has 1 rings (SSSR count). The van der Waals surface area contributed by atoms with E-state index in [9.17, 15) is 0 Å². The molecule has 0 aromatic carbocycles. The monoisotopic (exact) mass is 271 g/mol. The van der Waals surface area contributed by atoms with E-state index < -0.39 is 20.0 Å². The zero-order valence-corrected chi connectivity index (χ0v) is 12.2. The van der Waals surface area contributed by atoms with Gasteiger partial charge in [0, 0.05) is 0 Å². The molecule has 0 aromatic rings. The Morgan fingerprint density at radius 2 is 1.71 bits per heavy atom. The summed E-state index contributed by atoms with van der Waals surface area (Å²) in [7, 11) is 0. The van der Waals surface area contributed by atoms with Crippen molar-refractivity contribution in [3.63, 3.8) is 0 Å². The van der Waals surface area contributed by atoms with Gasteiger partial charge < -0.3 is 0 Å². The van der Waals surface area contributed by atoms with Crippen LogP contribution in [0.3, 0.4) is 0 Å². The molecule has 1 nitrogen and oxygen atoms in total. The number of carbonyl (C=O) groups is 1. The van der Waals surface area contributed by atoms with Gasteiger partial charge in [-0.05, 0) is 23.2 Å². The van der Waals surface area contributed by atoms with Crippen molar-refractivity contribution in [1.82, 2.24) is 0 Å². The second-order valence-corrected chi connectivity index (χ2v) is 19.9. The summed E-state index contributed by atoms with van der Waals surface area (Å²) in [4.78, 5) is 8.98. The van der Waals surface area contributed by atoms with Crippen LogP contribution in [-0.4, -0.2) is 4.70 Å². The van der Waals surface area contributed by atoms with Crippen molar-refractivity contribution in [2.45, 2.75) is 27.3 Å². The SMILES string of the molecule is O=C(Cl)Cl.[CH3][Ti]([CH3])([CH3])([CH3])[C]1=CC=CC1. The van der Waals surface area contributed by atoms with Gasteiger partial charge in [-0.25, -0.2) is 0 Å². The average molecular weight is 272 g/mol. The van der Waals surface area contributed by atoms with Crippen molar-refractivity contribution in [1.29, 1.82) is 0 Å². The third kappa shape index (κ3) is 6.83. The first-order valence-corrected chi connectivity index (χ1v) is 12.3. The zero-order chi connectivity index (χ0) is 11.4. The van der Waals surface area contributed by atoms with E-state index in [-0.39, 0.29) is 0 Å². The summed E-state index contributed by atoms with van der Waals surface area (Å²) in [6.07, 6.45) is 7.99. The van der Waals surface area contributed by atoms with Crippen LogP contribution in [0.1, 0.15) is 6.42 Å². The molecule has 0 amide bonds. The predicted octanol–water partition coefficient (Wildman–Crippen LogP) is 5.30. The Balaban J connectivity index is 0.000000364. The molecule has 14 heavy (non-hydrogen) atoms. The van der Waals surface area contributed by atoms with Gasteiger partial charge in [0.25, 0.3) is 0 Å². The number of carbonyl (C=O) groups excluding carboxylic acids is 1. The Morgan fingerprint density at radius 1 is 1.29 bits per heavy atom. The molecule has 1 aliphatic carbocycles. The van der Waals surface area contributed by atoms with E-state index in [0.29, 0.717) is 0 Å². The number of hydrogen-bond donors (Lipinski definition) is 0. The zero-order valence-electron chi connectivity index (χ0n) is 9.10. The van der Waals surface area contributed by atoms with Crippen molar-refractivity contribution in [2.24, 2.45) is 0 Å². The van der Waals surface area contributed by atoms with Crippen LogP contribution in [0.2, 0.25) is 20.9 Å². The van der Waals surface area contributed by atoms with E-state index in [1.54, 1.807) is 3.88 Å². The van der Waals surface area contributed by atoms with E-state index in [1.807, 2.05) is 0 Å². The van der Waals surface area contributed by atoms with Crippen LogP contribution >= 0.6 is 23.2 Å². The maximum absolute atomic E-state index is 8.98. The van der Waals surface area contributed by atoms with Crippen LogP contribution in [0, 0.1) is 0 Å². The fourth-order valence-corrected chi connectivity index (χ4v) is 3.84. The molecule has 0 heterocycles. The fourth-order valence-electron chi connectivity index (χ4n) is 1.19. The summed E-state index contributed by atoms with van der Waals surface area (Å²) in [5.41, 5.74) is 0. The standard InChI is InChI=1S/C5H5.CCl2O.4CH3.Ti/c1-2-4-5-3-1;2-1(3)4;;;;;/h1-3H,4H2;;4*1H3;. The van der Waals surface area contributed by atoms with Gasteiger partial charge in [-0.1, -0.05) is 0 Å². The van der Waals surface area contributed by atoms with Crippen molar-refractivity contribution in [2.75, 3.05) is 0 Å².